The molecule has 0 saturated carbocycles. The van der Waals surface area contributed by atoms with Gasteiger partial charge in [0.05, 0.1) is 26.4 Å². The van der Waals surface area contributed by atoms with Gasteiger partial charge in [0.25, 0.3) is 5.91 Å². The Balaban J connectivity index is 1.81. The smallest absolute Gasteiger partial charge is 0.410 e. The van der Waals surface area contributed by atoms with Gasteiger partial charge >= 0.3 is 12.2 Å². The highest BCUT2D eigenvalue weighted by Gasteiger charge is 2.39. The highest BCUT2D eigenvalue weighted by atomic mass is 16.6. The van der Waals surface area contributed by atoms with Gasteiger partial charge in [0, 0.05) is 63.8 Å². The number of rotatable bonds is 16. The van der Waals surface area contributed by atoms with Crippen LogP contribution in [0.2, 0.25) is 0 Å². The van der Waals surface area contributed by atoms with Crippen LogP contribution in [0.3, 0.4) is 0 Å². The van der Waals surface area contributed by atoms with E-state index in [1.54, 1.807) is 42.2 Å². The summed E-state index contributed by atoms with van der Waals surface area (Å²) < 4.78 is 28.2. The van der Waals surface area contributed by atoms with Gasteiger partial charge in [0.15, 0.2) is 11.5 Å². The van der Waals surface area contributed by atoms with Crippen molar-refractivity contribution < 1.29 is 38.1 Å². The zero-order valence-corrected chi connectivity index (χ0v) is 30.7. The van der Waals surface area contributed by atoms with Gasteiger partial charge in [0.2, 0.25) is 0 Å². The molecule has 0 radical (unpaired) electrons. The lowest BCUT2D eigenvalue weighted by atomic mass is 9.92. The van der Waals surface area contributed by atoms with Gasteiger partial charge in [-0.05, 0) is 77.6 Å². The van der Waals surface area contributed by atoms with Gasteiger partial charge in [0.1, 0.15) is 5.60 Å². The first kappa shape index (κ1) is 39.4. The highest BCUT2D eigenvalue weighted by Crippen LogP contribution is 2.31. The van der Waals surface area contributed by atoms with E-state index in [1.807, 2.05) is 76.8 Å². The predicted molar refractivity (Wildman–Crippen MR) is 189 cm³/mol. The molecular weight excluding hydrogens is 626 g/mol. The number of ether oxygens (including phenoxy) is 5. The molecule has 3 rings (SSSR count). The Hall–Kier alpha value is -3.99. The molecule has 49 heavy (non-hydrogen) atoms. The van der Waals surface area contributed by atoms with E-state index < -0.39 is 11.7 Å². The Morgan fingerprint density at radius 3 is 2.33 bits per heavy atom. The monoisotopic (exact) mass is 683 g/mol. The summed E-state index contributed by atoms with van der Waals surface area (Å²) in [5.41, 5.74) is 0.906. The minimum Gasteiger partial charge on any atom is -0.493 e. The molecule has 3 amide bonds. The maximum absolute atomic E-state index is 14.2. The number of carbonyl (C=O) groups excluding carboxylic acids is 3. The van der Waals surface area contributed by atoms with Crippen molar-refractivity contribution in [2.45, 2.75) is 84.9 Å². The number of amides is 3. The van der Waals surface area contributed by atoms with Gasteiger partial charge in [-0.25, -0.2) is 9.59 Å². The van der Waals surface area contributed by atoms with E-state index in [9.17, 15) is 14.4 Å². The van der Waals surface area contributed by atoms with Gasteiger partial charge in [-0.1, -0.05) is 37.3 Å². The summed E-state index contributed by atoms with van der Waals surface area (Å²) in [6, 6.07) is 14.7. The van der Waals surface area contributed by atoms with Crippen molar-refractivity contribution in [2.24, 2.45) is 5.92 Å². The zero-order chi connectivity index (χ0) is 36.0. The second-order valence-corrected chi connectivity index (χ2v) is 13.8. The molecule has 1 fully saturated rings. The molecule has 1 aliphatic heterocycles. The second-order valence-electron chi connectivity index (χ2n) is 13.8. The molecule has 1 unspecified atom stereocenters. The summed E-state index contributed by atoms with van der Waals surface area (Å²) in [4.78, 5) is 46.1. The van der Waals surface area contributed by atoms with Crippen LogP contribution in [0.4, 0.5) is 9.59 Å². The number of hydrogen-bond donors (Lipinski definition) is 0. The number of benzene rings is 2. The molecule has 2 aromatic rings. The Morgan fingerprint density at radius 2 is 1.69 bits per heavy atom. The number of nitrogens with zero attached hydrogens (tertiary/aromatic N) is 3. The molecule has 11 heteroatoms. The van der Waals surface area contributed by atoms with Crippen molar-refractivity contribution in [3.05, 3.63) is 59.7 Å². The maximum atomic E-state index is 14.2. The Bertz CT molecular complexity index is 1330. The lowest BCUT2D eigenvalue weighted by Gasteiger charge is -2.44. The quantitative estimate of drug-likeness (QED) is 0.181. The van der Waals surface area contributed by atoms with E-state index in [-0.39, 0.29) is 36.6 Å². The molecule has 272 valence electrons. The van der Waals surface area contributed by atoms with Gasteiger partial charge in [-0.2, -0.15) is 0 Å². The largest absolute Gasteiger partial charge is 0.493 e. The normalized spacial score (nSPS) is 16.2. The maximum Gasteiger partial charge on any atom is 0.410 e. The first-order valence-electron chi connectivity index (χ1n) is 17.4. The summed E-state index contributed by atoms with van der Waals surface area (Å²) in [6.07, 6.45) is 1.93. The van der Waals surface area contributed by atoms with Crippen LogP contribution >= 0.6 is 0 Å². The molecule has 0 bridgehead atoms. The average molecular weight is 684 g/mol. The summed E-state index contributed by atoms with van der Waals surface area (Å²) in [5, 5.41) is 0. The van der Waals surface area contributed by atoms with Crippen molar-refractivity contribution in [1.82, 2.24) is 14.7 Å². The Morgan fingerprint density at radius 1 is 0.959 bits per heavy atom. The fraction of sp³-hybridized carbons (Fsp3) is 0.605. The van der Waals surface area contributed by atoms with Crippen molar-refractivity contribution in [3.63, 3.8) is 0 Å². The SMILES string of the molecule is CCCN(CCc1ccccc1)C(=O)OC[C@H]1CC(N(C(=O)c2ccc(OC)c(OCCCOC)c2)C(C)C)CN(C(=O)OC(C)(C)C)C1. The minimum atomic E-state index is -0.693. The number of carbonyl (C=O) groups is 3. The lowest BCUT2D eigenvalue weighted by Crippen LogP contribution is -2.57. The molecule has 11 nitrogen and oxygen atoms in total. The van der Waals surface area contributed by atoms with Crippen molar-refractivity contribution in [1.29, 1.82) is 0 Å². The number of likely N-dealkylation sites (tertiary alicyclic amines) is 1. The van der Waals surface area contributed by atoms with E-state index in [0.29, 0.717) is 69.3 Å². The van der Waals surface area contributed by atoms with Crippen LogP contribution in [-0.2, 0) is 20.6 Å². The standard InChI is InChI=1S/C38H57N3O8/c1-9-19-39(20-18-29-14-11-10-12-15-29)36(43)48-27-30-23-32(26-40(25-30)37(44)49-38(4,5)6)41(28(2)3)35(42)31-16-17-33(46-8)34(24-31)47-22-13-21-45-7/h10-12,14-17,24,28,30,32H,9,13,18-23,25-27H2,1-8H3/t30-,32?/m0/s1. The van der Waals surface area contributed by atoms with E-state index in [1.165, 1.54) is 0 Å². The van der Waals surface area contributed by atoms with E-state index in [2.05, 4.69) is 0 Å². The summed E-state index contributed by atoms with van der Waals surface area (Å²) >= 11 is 0. The van der Waals surface area contributed by atoms with Crippen LogP contribution < -0.4 is 9.47 Å². The van der Waals surface area contributed by atoms with E-state index in [4.69, 9.17) is 23.7 Å². The van der Waals surface area contributed by atoms with Crippen LogP contribution in [0.15, 0.2) is 48.5 Å². The molecule has 1 heterocycles. The van der Waals surface area contributed by atoms with Gasteiger partial charge < -0.3 is 38.4 Å². The average Bonchev–Trinajstić information content (AvgIpc) is 3.06. The summed E-state index contributed by atoms with van der Waals surface area (Å²) in [7, 11) is 3.20. The van der Waals surface area contributed by atoms with Gasteiger partial charge in [-0.15, -0.1) is 0 Å². The van der Waals surface area contributed by atoms with Crippen molar-refractivity contribution >= 4 is 18.1 Å². The number of methoxy groups -OCH3 is 2. The summed E-state index contributed by atoms with van der Waals surface area (Å²) in [5.74, 6) is 0.598. The molecule has 2 atom stereocenters. The molecule has 2 aromatic carbocycles. The molecular formula is C38H57N3O8. The van der Waals surface area contributed by atoms with Crippen LogP contribution in [-0.4, -0.2) is 111 Å². The lowest BCUT2D eigenvalue weighted by molar-refractivity contribution is -0.00963. The highest BCUT2D eigenvalue weighted by molar-refractivity contribution is 5.95. The topological polar surface area (TPSA) is 107 Å². The third-order valence-corrected chi connectivity index (χ3v) is 8.22. The van der Waals surface area contributed by atoms with E-state index >= 15 is 0 Å². The first-order chi connectivity index (χ1) is 23.4. The van der Waals surface area contributed by atoms with Crippen molar-refractivity contribution in [2.75, 3.05) is 60.2 Å². The first-order valence-corrected chi connectivity index (χ1v) is 17.4. The summed E-state index contributed by atoms with van der Waals surface area (Å²) in [6.45, 7) is 14.3. The van der Waals surface area contributed by atoms with Crippen LogP contribution in [0.1, 0.15) is 76.7 Å². The second kappa shape index (κ2) is 19.3. The molecule has 0 aromatic heterocycles. The Labute approximate surface area is 292 Å². The van der Waals surface area contributed by atoms with Crippen LogP contribution in [0.5, 0.6) is 11.5 Å². The van der Waals surface area contributed by atoms with Crippen LogP contribution in [0, 0.1) is 5.92 Å². The fourth-order valence-electron chi connectivity index (χ4n) is 6.00. The molecule has 1 saturated heterocycles. The molecule has 0 N–H and O–H groups in total. The predicted octanol–water partition coefficient (Wildman–Crippen LogP) is 6.68. The minimum absolute atomic E-state index is 0.113. The zero-order valence-electron chi connectivity index (χ0n) is 30.7. The number of piperidine rings is 1. The van der Waals surface area contributed by atoms with Gasteiger partial charge in [-0.3, -0.25) is 4.79 Å². The molecule has 1 aliphatic rings. The van der Waals surface area contributed by atoms with Crippen LogP contribution in [0.25, 0.3) is 0 Å². The number of hydrogen-bond acceptors (Lipinski definition) is 8. The Kier molecular flexibility index (Phi) is 15.5. The third kappa shape index (κ3) is 12.4. The van der Waals surface area contributed by atoms with Crippen molar-refractivity contribution in [3.8, 4) is 11.5 Å². The third-order valence-electron chi connectivity index (χ3n) is 8.22. The molecule has 0 spiro atoms. The molecule has 0 aliphatic carbocycles. The fourth-order valence-corrected chi connectivity index (χ4v) is 6.00. The van der Waals surface area contributed by atoms with E-state index in [0.717, 1.165) is 18.4 Å².